The number of imide groups is 2. The molecule has 0 aliphatic carbocycles. The quantitative estimate of drug-likeness (QED) is 0.111. The average molecular weight is 1440 g/mol. The predicted molar refractivity (Wildman–Crippen MR) is 364 cm³/mol. The number of benzene rings is 4. The highest BCUT2D eigenvalue weighted by molar-refractivity contribution is 9.12. The van der Waals surface area contributed by atoms with Gasteiger partial charge in [0.15, 0.2) is 17.3 Å². The molecule has 4 aromatic rings. The molecule has 0 radical (unpaired) electrons. The summed E-state index contributed by atoms with van der Waals surface area (Å²) in [6.07, 6.45) is 0.381. The zero-order valence-electron chi connectivity index (χ0n) is 54.2. The minimum absolute atomic E-state index is 0.0212. The molecule has 5 aliphatic rings. The maximum Gasteiger partial charge on any atom is 0.268 e. The lowest BCUT2D eigenvalue weighted by Crippen LogP contribution is -2.64. The third-order valence-electron chi connectivity index (χ3n) is 17.9. The summed E-state index contributed by atoms with van der Waals surface area (Å²) in [6, 6.07) is 12.0. The van der Waals surface area contributed by atoms with Gasteiger partial charge in [-0.1, -0.05) is 62.4 Å². The third-order valence-corrected chi connectivity index (χ3v) is 19.3. The van der Waals surface area contributed by atoms with Gasteiger partial charge in [0.25, 0.3) is 23.6 Å². The van der Waals surface area contributed by atoms with Crippen LogP contribution in [0.4, 0.5) is 22.7 Å². The summed E-state index contributed by atoms with van der Waals surface area (Å²) in [5.41, 5.74) is 3.39. The van der Waals surface area contributed by atoms with E-state index in [1.54, 1.807) is 35.8 Å². The first kappa shape index (κ1) is 72.7. The molecule has 0 aromatic heterocycles. The van der Waals surface area contributed by atoms with Crippen LogP contribution < -0.4 is 36.4 Å². The van der Waals surface area contributed by atoms with E-state index < -0.39 is 113 Å². The van der Waals surface area contributed by atoms with Crippen molar-refractivity contribution in [1.82, 2.24) is 25.8 Å². The monoisotopic (exact) mass is 1440 g/mol. The second kappa shape index (κ2) is 32.2. The average Bonchev–Trinajstić information content (AvgIpc) is 1.63. The molecule has 4 bridgehead atoms. The highest BCUT2D eigenvalue weighted by atomic mass is 79.9. The van der Waals surface area contributed by atoms with Crippen molar-refractivity contribution in [1.29, 1.82) is 0 Å². The first-order chi connectivity index (χ1) is 46.3. The van der Waals surface area contributed by atoms with Crippen LogP contribution in [0.25, 0.3) is 21.5 Å². The Hall–Kier alpha value is -8.56. The molecule has 5 N–H and O–H groups in total. The molecule has 6 unspecified atom stereocenters. The minimum Gasteiger partial charge on any atom is -0.381 e. The summed E-state index contributed by atoms with van der Waals surface area (Å²) in [4.78, 5) is 197. The molecule has 25 nitrogen and oxygen atoms in total. The molecule has 28 heteroatoms. The number of rotatable bonds is 4. The first-order valence-corrected chi connectivity index (χ1v) is 34.1. The van der Waals surface area contributed by atoms with E-state index in [0.29, 0.717) is 43.3 Å². The van der Waals surface area contributed by atoms with Gasteiger partial charge in [-0.2, -0.15) is 0 Å². The number of hydrogen-bond acceptors (Lipinski definition) is 16. The Morgan fingerprint density at radius 3 is 1.41 bits per heavy atom. The molecular weight excluding hydrogens is 1360 g/mol. The van der Waals surface area contributed by atoms with Crippen molar-refractivity contribution in [2.45, 2.75) is 128 Å². The van der Waals surface area contributed by atoms with Gasteiger partial charge in [-0.3, -0.25) is 76.9 Å². The molecule has 514 valence electrons. The van der Waals surface area contributed by atoms with Crippen LogP contribution in [0.3, 0.4) is 0 Å². The summed E-state index contributed by atoms with van der Waals surface area (Å²) in [6.45, 7) is 6.73. The van der Waals surface area contributed by atoms with Gasteiger partial charge < -0.3 is 45.9 Å². The van der Waals surface area contributed by atoms with E-state index in [4.69, 9.17) is 32.7 Å². The zero-order valence-corrected chi connectivity index (χ0v) is 57.3. The number of carbonyl (C=O) groups is 14. The van der Waals surface area contributed by atoms with Crippen molar-refractivity contribution >= 4 is 166 Å². The molecular formula is C69H76BrCl2N9O16. The normalized spacial score (nSPS) is 25.4. The van der Waals surface area contributed by atoms with Crippen LogP contribution in [-0.2, 0) is 76.6 Å². The molecule has 5 aliphatic heterocycles. The second-order valence-corrected chi connectivity index (χ2v) is 26.4. The number of hydrogen-bond donors (Lipinski definition) is 5. The number of halogens is 3. The van der Waals surface area contributed by atoms with E-state index >= 15 is 0 Å². The van der Waals surface area contributed by atoms with Crippen molar-refractivity contribution in [2.75, 3.05) is 78.3 Å². The predicted octanol–water partition coefficient (Wildman–Crippen LogP) is 6.27. The van der Waals surface area contributed by atoms with E-state index in [9.17, 15) is 67.1 Å². The molecule has 5 heterocycles. The standard InChI is InChI=1S/C69H76BrCl2N9O16/c1-36-26-53(83)39(4)74-55(85)19-23-96-22-11-16-52(82)63(80-60(90)29-47(70)69(80)95)64(81-59(89)28-38(3)68(81)94)67(93)73-21-25-97-24-20-56(86)75-40(5)54(84)27-37(2)66(92)77-49-31-51-62(46-15-9-7-13-44(46)49)42(33-72)35-79(51)58(88)18-10-17-57(87)78-34-41(32-71)61-45-14-8-6-12-43(45)48(30-50(61)78)76-65(36)91/h6-9,12-15,28-31,36-37,39-42,63-64H,10-11,16-27,32-35H2,1-5H3,(H,73,93)(H,74,85)(H,75,86)(H,76,91)(H,77,92)/t36?,37?,39?,40?,41-,42-,63?,64?/m1/s1. The van der Waals surface area contributed by atoms with Crippen molar-refractivity contribution in [2.24, 2.45) is 11.8 Å². The molecule has 9 rings (SSSR count). The highest BCUT2D eigenvalue weighted by Gasteiger charge is 2.52. The third kappa shape index (κ3) is 16.4. The number of amides is 11. The Morgan fingerprint density at radius 1 is 0.515 bits per heavy atom. The van der Waals surface area contributed by atoms with Gasteiger partial charge in [-0.25, -0.2) is 0 Å². The van der Waals surface area contributed by atoms with E-state index in [2.05, 4.69) is 42.5 Å². The largest absolute Gasteiger partial charge is 0.381 e. The Balaban J connectivity index is 0.932. The highest BCUT2D eigenvalue weighted by Crippen LogP contribution is 2.47. The van der Waals surface area contributed by atoms with Crippen LogP contribution in [0.15, 0.2) is 82.9 Å². The van der Waals surface area contributed by atoms with Gasteiger partial charge in [0.2, 0.25) is 41.4 Å². The smallest absolute Gasteiger partial charge is 0.268 e. The van der Waals surface area contributed by atoms with Gasteiger partial charge in [0, 0.05) is 146 Å². The summed E-state index contributed by atoms with van der Waals surface area (Å²) >= 11 is 16.2. The molecule has 0 spiro atoms. The molecule has 0 saturated carbocycles. The Labute approximate surface area is 577 Å². The maximum atomic E-state index is 14.4. The van der Waals surface area contributed by atoms with E-state index in [0.717, 1.165) is 34.1 Å². The second-order valence-electron chi connectivity index (χ2n) is 24.9. The van der Waals surface area contributed by atoms with E-state index in [1.807, 2.05) is 48.5 Å². The fourth-order valence-corrected chi connectivity index (χ4v) is 13.6. The molecule has 0 saturated heterocycles. The van der Waals surface area contributed by atoms with Crippen molar-refractivity contribution in [3.63, 3.8) is 0 Å². The van der Waals surface area contributed by atoms with Crippen LogP contribution in [0.5, 0.6) is 0 Å². The summed E-state index contributed by atoms with van der Waals surface area (Å²) in [5.74, 6) is -11.6. The summed E-state index contributed by atoms with van der Waals surface area (Å²) in [5, 5.41) is 16.6. The van der Waals surface area contributed by atoms with Gasteiger partial charge in [-0.05, 0) is 83.6 Å². The lowest BCUT2D eigenvalue weighted by Gasteiger charge is -2.35. The number of fused-ring (bicyclic) bond motifs is 8. The molecule has 8 atom stereocenters. The number of ketones is 3. The number of alkyl halides is 2. The number of anilines is 4. The first-order valence-electron chi connectivity index (χ1n) is 32.2. The number of Topliss-reactive ketones (excluding diaryl/α,β-unsaturated/α-hetero) is 3. The minimum atomic E-state index is -2.07. The SMILES string of the molecule is CC1=CC(=O)N(C2C(=O)NCCOCCC(=O)NC(C)C(=O)CC(C)C(=O)Nc3cc4c(c5ccccc35)[C@H](CCl)CN4C(=O)CCCC(=O)N3C[C@@H](CCl)c4c3cc(c3ccccc43)NC(=O)C(C)CC(=O)C(C)NC(=O)CCOCCCC(=O)C2N2C(=O)C=C(Br)C2=O)C1=O. The van der Waals surface area contributed by atoms with Gasteiger partial charge >= 0.3 is 0 Å². The Morgan fingerprint density at radius 2 is 0.969 bits per heavy atom. The fourth-order valence-electron chi connectivity index (χ4n) is 12.8. The van der Waals surface area contributed by atoms with Gasteiger partial charge in [0.05, 0.1) is 47.8 Å². The summed E-state index contributed by atoms with van der Waals surface area (Å²) < 4.78 is 11.0. The Bertz CT molecular complexity index is 3720. The number of nitrogens with one attached hydrogen (secondary N) is 5. The fraction of sp³-hybridized carbons (Fsp3) is 0.449. The number of ether oxygens (including phenoxy) is 2. The van der Waals surface area contributed by atoms with E-state index in [1.165, 1.54) is 20.8 Å². The lowest BCUT2D eigenvalue weighted by molar-refractivity contribution is -0.156. The Kier molecular flexibility index (Phi) is 24.1. The van der Waals surface area contributed by atoms with Crippen LogP contribution in [0.2, 0.25) is 0 Å². The van der Waals surface area contributed by atoms with Crippen molar-refractivity contribution < 1.29 is 76.6 Å². The van der Waals surface area contributed by atoms with Crippen LogP contribution in [-0.4, -0.2) is 174 Å². The summed E-state index contributed by atoms with van der Waals surface area (Å²) in [7, 11) is 0. The molecule has 97 heavy (non-hydrogen) atoms. The lowest BCUT2D eigenvalue weighted by atomic mass is 9.94. The molecule has 11 amide bonds. The van der Waals surface area contributed by atoms with Crippen molar-refractivity contribution in [3.8, 4) is 0 Å². The number of carbonyl (C=O) groups excluding carboxylic acids is 14. The van der Waals surface area contributed by atoms with Crippen LogP contribution in [0, 0.1) is 11.8 Å². The van der Waals surface area contributed by atoms with Gasteiger partial charge in [-0.15, -0.1) is 23.2 Å². The van der Waals surface area contributed by atoms with E-state index in [-0.39, 0.29) is 143 Å². The zero-order chi connectivity index (χ0) is 70.1. The van der Waals surface area contributed by atoms with Crippen molar-refractivity contribution in [3.05, 3.63) is 94.0 Å². The maximum absolute atomic E-state index is 14.4. The molecule has 0 fully saturated rings. The topological polar surface area (TPSA) is 331 Å². The van der Waals surface area contributed by atoms with Crippen LogP contribution in [0.1, 0.15) is 115 Å². The van der Waals surface area contributed by atoms with Crippen LogP contribution >= 0.6 is 39.1 Å². The molecule has 4 aromatic carbocycles. The van der Waals surface area contributed by atoms with Gasteiger partial charge in [0.1, 0.15) is 12.1 Å². The number of nitrogens with zero attached hydrogens (tertiary/aromatic N) is 4.